The minimum atomic E-state index is 0.168. The normalized spacial score (nSPS) is 16.1. The summed E-state index contributed by atoms with van der Waals surface area (Å²) in [5.74, 6) is 0.707. The van der Waals surface area contributed by atoms with Crippen LogP contribution in [0, 0.1) is 5.92 Å². The Morgan fingerprint density at radius 1 is 1.12 bits per heavy atom. The molecule has 0 rings (SSSR count). The van der Waals surface area contributed by atoms with E-state index in [-0.39, 0.29) is 5.54 Å². The maximum Gasteiger partial charge on any atom is 0.0304 e. The van der Waals surface area contributed by atoms with Crippen molar-refractivity contribution in [2.24, 2.45) is 11.7 Å². The van der Waals surface area contributed by atoms with E-state index in [1.807, 2.05) is 0 Å². The standard InChI is InChI=1S/C14H32N2/c1-7-13(8-2)16(10-12(4)5)14(6,9-3)11-15/h12-13H,7-11,15H2,1-6H3. The first-order valence-corrected chi connectivity index (χ1v) is 6.91. The van der Waals surface area contributed by atoms with Crippen molar-refractivity contribution in [3.8, 4) is 0 Å². The molecule has 0 heterocycles. The first-order valence-electron chi connectivity index (χ1n) is 6.91. The van der Waals surface area contributed by atoms with Crippen molar-refractivity contribution in [3.63, 3.8) is 0 Å². The van der Waals surface area contributed by atoms with Crippen molar-refractivity contribution in [2.75, 3.05) is 13.1 Å². The first kappa shape index (κ1) is 15.9. The third kappa shape index (κ3) is 4.06. The molecule has 1 unspecified atom stereocenters. The molecule has 0 radical (unpaired) electrons. The SMILES string of the molecule is CCC(CC)N(CC(C)C)C(C)(CC)CN. The van der Waals surface area contributed by atoms with Gasteiger partial charge in [-0.1, -0.05) is 34.6 Å². The smallest absolute Gasteiger partial charge is 0.0304 e. The molecule has 0 spiro atoms. The van der Waals surface area contributed by atoms with Gasteiger partial charge in [0.25, 0.3) is 0 Å². The molecule has 2 N–H and O–H groups in total. The minimum absolute atomic E-state index is 0.168. The van der Waals surface area contributed by atoms with E-state index in [9.17, 15) is 0 Å². The summed E-state index contributed by atoms with van der Waals surface area (Å²) in [5, 5.41) is 0. The topological polar surface area (TPSA) is 29.3 Å². The Hall–Kier alpha value is -0.0800. The highest BCUT2D eigenvalue weighted by Gasteiger charge is 2.32. The predicted octanol–water partition coefficient (Wildman–Crippen LogP) is 3.26. The molecule has 2 heteroatoms. The van der Waals surface area contributed by atoms with Crippen LogP contribution in [0.15, 0.2) is 0 Å². The summed E-state index contributed by atoms with van der Waals surface area (Å²) in [4.78, 5) is 2.65. The molecule has 98 valence electrons. The Balaban J connectivity index is 4.89. The van der Waals surface area contributed by atoms with E-state index < -0.39 is 0 Å². The summed E-state index contributed by atoms with van der Waals surface area (Å²) in [6, 6.07) is 0.677. The highest BCUT2D eigenvalue weighted by Crippen LogP contribution is 2.25. The van der Waals surface area contributed by atoms with Crippen LogP contribution >= 0.6 is 0 Å². The lowest BCUT2D eigenvalue weighted by atomic mass is 9.91. The van der Waals surface area contributed by atoms with Gasteiger partial charge in [-0.05, 0) is 32.1 Å². The van der Waals surface area contributed by atoms with E-state index in [4.69, 9.17) is 5.73 Å². The number of hydrogen-bond donors (Lipinski definition) is 1. The van der Waals surface area contributed by atoms with Gasteiger partial charge >= 0.3 is 0 Å². The average Bonchev–Trinajstić information content (AvgIpc) is 2.28. The van der Waals surface area contributed by atoms with Crippen molar-refractivity contribution in [1.82, 2.24) is 4.90 Å². The van der Waals surface area contributed by atoms with Gasteiger partial charge in [-0.15, -0.1) is 0 Å². The van der Waals surface area contributed by atoms with Crippen molar-refractivity contribution < 1.29 is 0 Å². The van der Waals surface area contributed by atoms with Crippen molar-refractivity contribution in [3.05, 3.63) is 0 Å². The van der Waals surface area contributed by atoms with E-state index in [0.29, 0.717) is 12.0 Å². The second-order valence-electron chi connectivity index (χ2n) is 5.57. The van der Waals surface area contributed by atoms with Gasteiger partial charge in [0.2, 0.25) is 0 Å². The van der Waals surface area contributed by atoms with E-state index in [0.717, 1.165) is 19.5 Å². The molecule has 0 aliphatic heterocycles. The van der Waals surface area contributed by atoms with Crippen LogP contribution in [0.3, 0.4) is 0 Å². The monoisotopic (exact) mass is 228 g/mol. The largest absolute Gasteiger partial charge is 0.329 e. The van der Waals surface area contributed by atoms with Gasteiger partial charge in [0.15, 0.2) is 0 Å². The van der Waals surface area contributed by atoms with Gasteiger partial charge in [-0.3, -0.25) is 4.90 Å². The predicted molar refractivity (Wildman–Crippen MR) is 73.7 cm³/mol. The molecule has 0 aliphatic carbocycles. The Morgan fingerprint density at radius 3 is 1.88 bits per heavy atom. The maximum atomic E-state index is 6.00. The second kappa shape index (κ2) is 7.29. The highest BCUT2D eigenvalue weighted by atomic mass is 15.2. The summed E-state index contributed by atoms with van der Waals surface area (Å²) >= 11 is 0. The van der Waals surface area contributed by atoms with E-state index in [1.54, 1.807) is 0 Å². The zero-order chi connectivity index (χ0) is 12.8. The molecule has 0 aromatic rings. The lowest BCUT2D eigenvalue weighted by Crippen LogP contribution is -2.56. The molecule has 0 aromatic heterocycles. The molecule has 0 aromatic carbocycles. The molecule has 0 fully saturated rings. The van der Waals surface area contributed by atoms with Gasteiger partial charge in [-0.2, -0.15) is 0 Å². The number of nitrogens with two attached hydrogens (primary N) is 1. The van der Waals surface area contributed by atoms with Crippen LogP contribution < -0.4 is 5.73 Å². The summed E-state index contributed by atoms with van der Waals surface area (Å²) in [6.45, 7) is 15.6. The Labute approximate surface area is 103 Å². The van der Waals surface area contributed by atoms with Crippen LogP contribution in [0.5, 0.6) is 0 Å². The van der Waals surface area contributed by atoms with Crippen LogP contribution in [0.25, 0.3) is 0 Å². The summed E-state index contributed by atoms with van der Waals surface area (Å²) in [5.41, 5.74) is 6.17. The zero-order valence-corrected chi connectivity index (χ0v) is 12.2. The maximum absolute atomic E-state index is 6.00. The fourth-order valence-electron chi connectivity index (χ4n) is 2.40. The molecular weight excluding hydrogens is 196 g/mol. The third-order valence-corrected chi connectivity index (χ3v) is 3.84. The van der Waals surface area contributed by atoms with E-state index >= 15 is 0 Å². The van der Waals surface area contributed by atoms with Crippen LogP contribution in [-0.2, 0) is 0 Å². The third-order valence-electron chi connectivity index (χ3n) is 3.84. The van der Waals surface area contributed by atoms with Gasteiger partial charge in [0, 0.05) is 24.7 Å². The van der Waals surface area contributed by atoms with Gasteiger partial charge in [-0.25, -0.2) is 0 Å². The zero-order valence-electron chi connectivity index (χ0n) is 12.2. The average molecular weight is 228 g/mol. The van der Waals surface area contributed by atoms with E-state index in [1.165, 1.54) is 12.8 Å². The fourth-order valence-corrected chi connectivity index (χ4v) is 2.40. The quantitative estimate of drug-likeness (QED) is 0.691. The van der Waals surface area contributed by atoms with Crippen molar-refractivity contribution in [1.29, 1.82) is 0 Å². The number of rotatable bonds is 8. The molecule has 0 aliphatic rings. The van der Waals surface area contributed by atoms with Gasteiger partial charge < -0.3 is 5.73 Å². The lowest BCUT2D eigenvalue weighted by molar-refractivity contribution is 0.0412. The van der Waals surface area contributed by atoms with Crippen molar-refractivity contribution in [2.45, 2.75) is 72.4 Å². The molecule has 0 saturated carbocycles. The molecule has 0 amide bonds. The molecule has 1 atom stereocenters. The number of nitrogens with zero attached hydrogens (tertiary/aromatic N) is 1. The second-order valence-corrected chi connectivity index (χ2v) is 5.57. The summed E-state index contributed by atoms with van der Waals surface area (Å²) in [7, 11) is 0. The summed E-state index contributed by atoms with van der Waals surface area (Å²) < 4.78 is 0. The fraction of sp³-hybridized carbons (Fsp3) is 1.00. The van der Waals surface area contributed by atoms with Crippen molar-refractivity contribution >= 4 is 0 Å². The Morgan fingerprint density at radius 2 is 1.62 bits per heavy atom. The van der Waals surface area contributed by atoms with Gasteiger partial charge in [0.1, 0.15) is 0 Å². The van der Waals surface area contributed by atoms with Crippen LogP contribution in [0.1, 0.15) is 60.8 Å². The molecule has 0 bridgehead atoms. The van der Waals surface area contributed by atoms with Crippen LogP contribution in [0.2, 0.25) is 0 Å². The highest BCUT2D eigenvalue weighted by molar-refractivity contribution is 4.90. The minimum Gasteiger partial charge on any atom is -0.329 e. The Kier molecular flexibility index (Phi) is 7.25. The molecule has 0 saturated heterocycles. The summed E-state index contributed by atoms with van der Waals surface area (Å²) in [6.07, 6.45) is 3.57. The molecule has 2 nitrogen and oxygen atoms in total. The van der Waals surface area contributed by atoms with Gasteiger partial charge in [0.05, 0.1) is 0 Å². The Bertz CT molecular complexity index is 170. The first-order chi connectivity index (χ1) is 7.45. The lowest BCUT2D eigenvalue weighted by Gasteiger charge is -2.45. The molecular formula is C14H32N2. The van der Waals surface area contributed by atoms with Crippen LogP contribution in [-0.4, -0.2) is 29.6 Å². The van der Waals surface area contributed by atoms with E-state index in [2.05, 4.69) is 46.4 Å². The number of hydrogen-bond acceptors (Lipinski definition) is 2. The van der Waals surface area contributed by atoms with Crippen LogP contribution in [0.4, 0.5) is 0 Å². The molecule has 16 heavy (non-hydrogen) atoms.